The first-order valence-electron chi connectivity index (χ1n) is 5.87. The molecule has 0 spiro atoms. The maximum atomic E-state index is 12.2. The number of carboxylic acids is 1. The van der Waals surface area contributed by atoms with Crippen LogP contribution in [-0.2, 0) is 15.6 Å². The summed E-state index contributed by atoms with van der Waals surface area (Å²) in [6.07, 6.45) is 2.09. The SMILES string of the molecule is CCCCC(C(=O)O)S(=O)c1ccc(OC)cc1. The summed E-state index contributed by atoms with van der Waals surface area (Å²) in [6.45, 7) is 1.98. The molecular formula is C13H18O4S. The van der Waals surface area contributed by atoms with Gasteiger partial charge in [-0.25, -0.2) is 0 Å². The fourth-order valence-corrected chi connectivity index (χ4v) is 2.88. The lowest BCUT2D eigenvalue weighted by molar-refractivity contribution is -0.136. The molecular weight excluding hydrogens is 252 g/mol. The molecule has 0 aromatic heterocycles. The first-order chi connectivity index (χ1) is 8.60. The largest absolute Gasteiger partial charge is 0.497 e. The van der Waals surface area contributed by atoms with E-state index >= 15 is 0 Å². The molecule has 18 heavy (non-hydrogen) atoms. The first kappa shape index (κ1) is 14.7. The molecule has 0 heterocycles. The monoisotopic (exact) mass is 270 g/mol. The van der Waals surface area contributed by atoms with E-state index in [0.29, 0.717) is 17.1 Å². The Hall–Kier alpha value is -1.36. The minimum atomic E-state index is -1.52. The molecule has 0 saturated heterocycles. The van der Waals surface area contributed by atoms with Gasteiger partial charge in [0, 0.05) is 4.90 Å². The molecule has 0 aliphatic heterocycles. The summed E-state index contributed by atoms with van der Waals surface area (Å²) in [6, 6.07) is 6.67. The van der Waals surface area contributed by atoms with Crippen LogP contribution in [0.3, 0.4) is 0 Å². The highest BCUT2D eigenvalue weighted by molar-refractivity contribution is 7.86. The van der Waals surface area contributed by atoms with Gasteiger partial charge >= 0.3 is 5.97 Å². The molecule has 0 aliphatic carbocycles. The van der Waals surface area contributed by atoms with Crippen molar-refractivity contribution >= 4 is 16.8 Å². The van der Waals surface area contributed by atoms with E-state index in [1.54, 1.807) is 31.4 Å². The van der Waals surface area contributed by atoms with Gasteiger partial charge in [-0.15, -0.1) is 0 Å². The van der Waals surface area contributed by atoms with Crippen LogP contribution in [-0.4, -0.2) is 27.6 Å². The lowest BCUT2D eigenvalue weighted by atomic mass is 10.2. The van der Waals surface area contributed by atoms with Crippen LogP contribution in [0.15, 0.2) is 29.2 Å². The third-order valence-electron chi connectivity index (χ3n) is 2.65. The maximum absolute atomic E-state index is 12.2. The van der Waals surface area contributed by atoms with Crippen molar-refractivity contribution in [2.24, 2.45) is 0 Å². The summed E-state index contributed by atoms with van der Waals surface area (Å²) in [5.74, 6) is -0.339. The molecule has 0 aliphatic rings. The average Bonchev–Trinajstić information content (AvgIpc) is 2.38. The van der Waals surface area contributed by atoms with Crippen molar-refractivity contribution in [1.29, 1.82) is 0 Å². The zero-order chi connectivity index (χ0) is 13.5. The van der Waals surface area contributed by atoms with Crippen molar-refractivity contribution in [1.82, 2.24) is 0 Å². The summed E-state index contributed by atoms with van der Waals surface area (Å²) in [4.78, 5) is 11.7. The van der Waals surface area contributed by atoms with E-state index in [9.17, 15) is 9.00 Å². The molecule has 0 bridgehead atoms. The van der Waals surface area contributed by atoms with E-state index in [0.717, 1.165) is 12.8 Å². The summed E-state index contributed by atoms with van der Waals surface area (Å²) < 4.78 is 17.2. The molecule has 4 nitrogen and oxygen atoms in total. The van der Waals surface area contributed by atoms with Crippen molar-refractivity contribution in [2.75, 3.05) is 7.11 Å². The number of ether oxygens (including phenoxy) is 1. The molecule has 0 amide bonds. The Bertz CT molecular complexity index is 414. The molecule has 2 unspecified atom stereocenters. The van der Waals surface area contributed by atoms with Crippen LogP contribution in [0.2, 0.25) is 0 Å². The number of unbranched alkanes of at least 4 members (excludes halogenated alkanes) is 1. The predicted octanol–water partition coefficient (Wildman–Crippen LogP) is 2.45. The normalized spacial score (nSPS) is 13.9. The number of aliphatic carboxylic acids is 1. The fourth-order valence-electron chi connectivity index (χ4n) is 1.59. The number of rotatable bonds is 7. The summed E-state index contributed by atoms with van der Waals surface area (Å²) in [5.41, 5.74) is 0. The highest BCUT2D eigenvalue weighted by Gasteiger charge is 2.25. The van der Waals surface area contributed by atoms with Crippen molar-refractivity contribution in [2.45, 2.75) is 36.3 Å². The second kappa shape index (κ2) is 7.16. The third-order valence-corrected chi connectivity index (χ3v) is 4.34. The quantitative estimate of drug-likeness (QED) is 0.826. The van der Waals surface area contributed by atoms with Gasteiger partial charge in [0.05, 0.1) is 17.9 Å². The molecule has 5 heteroatoms. The zero-order valence-corrected chi connectivity index (χ0v) is 11.4. The Morgan fingerprint density at radius 2 is 2.00 bits per heavy atom. The molecule has 0 saturated carbocycles. The summed E-state index contributed by atoms with van der Waals surface area (Å²) in [7, 11) is 0.0307. The van der Waals surface area contributed by atoms with E-state index in [1.165, 1.54) is 0 Å². The van der Waals surface area contributed by atoms with Gasteiger partial charge in [-0.1, -0.05) is 19.8 Å². The molecule has 0 fully saturated rings. The highest BCUT2D eigenvalue weighted by Crippen LogP contribution is 2.19. The number of hydrogen-bond donors (Lipinski definition) is 1. The minimum Gasteiger partial charge on any atom is -0.497 e. The minimum absolute atomic E-state index is 0.435. The van der Waals surface area contributed by atoms with Gasteiger partial charge in [-0.2, -0.15) is 0 Å². The van der Waals surface area contributed by atoms with Crippen molar-refractivity contribution in [3.05, 3.63) is 24.3 Å². The van der Waals surface area contributed by atoms with E-state index in [-0.39, 0.29) is 0 Å². The second-order valence-electron chi connectivity index (χ2n) is 3.94. The Kier molecular flexibility index (Phi) is 5.85. The van der Waals surface area contributed by atoms with Gasteiger partial charge in [0.2, 0.25) is 0 Å². The smallest absolute Gasteiger partial charge is 0.319 e. The van der Waals surface area contributed by atoms with Gasteiger partial charge in [-0.05, 0) is 30.7 Å². The van der Waals surface area contributed by atoms with Crippen LogP contribution in [0, 0.1) is 0 Å². The van der Waals surface area contributed by atoms with Gasteiger partial charge in [0.1, 0.15) is 11.0 Å². The van der Waals surface area contributed by atoms with E-state index in [2.05, 4.69) is 0 Å². The van der Waals surface area contributed by atoms with Gasteiger partial charge < -0.3 is 9.84 Å². The van der Waals surface area contributed by atoms with Gasteiger partial charge in [0.25, 0.3) is 0 Å². The lowest BCUT2D eigenvalue weighted by Gasteiger charge is -2.12. The molecule has 1 N–H and O–H groups in total. The van der Waals surface area contributed by atoms with Crippen molar-refractivity contribution in [3.63, 3.8) is 0 Å². The third kappa shape index (κ3) is 3.84. The highest BCUT2D eigenvalue weighted by atomic mass is 32.2. The van der Waals surface area contributed by atoms with Crippen LogP contribution in [0.5, 0.6) is 5.75 Å². The van der Waals surface area contributed by atoms with E-state index in [1.807, 2.05) is 6.92 Å². The summed E-state index contributed by atoms with van der Waals surface area (Å²) in [5, 5.41) is 8.28. The van der Waals surface area contributed by atoms with E-state index in [4.69, 9.17) is 9.84 Å². The number of hydrogen-bond acceptors (Lipinski definition) is 3. The van der Waals surface area contributed by atoms with Crippen LogP contribution in [0.25, 0.3) is 0 Å². The topological polar surface area (TPSA) is 63.6 Å². The molecule has 0 radical (unpaired) electrons. The lowest BCUT2D eigenvalue weighted by Crippen LogP contribution is -2.25. The van der Waals surface area contributed by atoms with Gasteiger partial charge in [-0.3, -0.25) is 9.00 Å². The Morgan fingerprint density at radius 3 is 2.44 bits per heavy atom. The van der Waals surface area contributed by atoms with Crippen molar-refractivity contribution < 1.29 is 18.8 Å². The van der Waals surface area contributed by atoms with Crippen LogP contribution < -0.4 is 4.74 Å². The Balaban J connectivity index is 2.84. The van der Waals surface area contributed by atoms with Crippen LogP contribution >= 0.6 is 0 Å². The maximum Gasteiger partial charge on any atom is 0.319 e. The average molecular weight is 270 g/mol. The van der Waals surface area contributed by atoms with Gasteiger partial charge in [0.15, 0.2) is 0 Å². The number of benzene rings is 1. The van der Waals surface area contributed by atoms with E-state index < -0.39 is 22.0 Å². The summed E-state index contributed by atoms with van der Waals surface area (Å²) >= 11 is 0. The number of carbonyl (C=O) groups is 1. The molecule has 2 atom stereocenters. The van der Waals surface area contributed by atoms with Crippen LogP contribution in [0.1, 0.15) is 26.2 Å². The number of carboxylic acid groups (broad SMARTS) is 1. The Labute approximate surface area is 109 Å². The molecule has 1 aromatic rings. The van der Waals surface area contributed by atoms with Crippen LogP contribution in [0.4, 0.5) is 0 Å². The Morgan fingerprint density at radius 1 is 1.39 bits per heavy atom. The first-order valence-corrected chi connectivity index (χ1v) is 7.08. The fraction of sp³-hybridized carbons (Fsp3) is 0.462. The zero-order valence-electron chi connectivity index (χ0n) is 10.6. The molecule has 1 aromatic carbocycles. The second-order valence-corrected chi connectivity index (χ2v) is 5.58. The van der Waals surface area contributed by atoms with Crippen molar-refractivity contribution in [3.8, 4) is 5.75 Å². The molecule has 1 rings (SSSR count). The molecule has 100 valence electrons. The standard InChI is InChI=1S/C13H18O4S/c1-3-4-5-12(13(14)15)18(16)11-8-6-10(17-2)7-9-11/h6-9,12H,3-5H2,1-2H3,(H,14,15). The predicted molar refractivity (Wildman–Crippen MR) is 70.4 cm³/mol. The number of methoxy groups -OCH3 is 1.